The van der Waals surface area contributed by atoms with Gasteiger partial charge in [-0.05, 0) is 81.2 Å². The van der Waals surface area contributed by atoms with Gasteiger partial charge in [-0.15, -0.1) is 5.10 Å². The fraction of sp³-hybridized carbons (Fsp3) is 0.400. The number of carbonyl (C=O) groups is 1. The van der Waals surface area contributed by atoms with E-state index in [-0.39, 0.29) is 18.1 Å². The van der Waals surface area contributed by atoms with E-state index in [0.29, 0.717) is 22.8 Å². The Morgan fingerprint density at radius 1 is 1.09 bits per heavy atom. The van der Waals surface area contributed by atoms with Crippen molar-refractivity contribution in [2.75, 3.05) is 19.6 Å². The van der Waals surface area contributed by atoms with Crippen LogP contribution in [0.2, 0.25) is 0 Å². The summed E-state index contributed by atoms with van der Waals surface area (Å²) in [6.45, 7) is 3.78. The summed E-state index contributed by atoms with van der Waals surface area (Å²) in [6.07, 6.45) is 6.50. The third-order valence-corrected chi connectivity index (χ3v) is 7.37. The predicted molar refractivity (Wildman–Crippen MR) is 130 cm³/mol. The minimum Gasteiger partial charge on any atom is -0.326 e. The van der Waals surface area contributed by atoms with Crippen LogP contribution in [-0.2, 0) is 6.54 Å². The van der Waals surface area contributed by atoms with Gasteiger partial charge in [-0.3, -0.25) is 4.79 Å². The Balaban J connectivity index is 1.28. The molecule has 0 bridgehead atoms. The van der Waals surface area contributed by atoms with E-state index in [0.717, 1.165) is 40.7 Å². The number of unbranched alkanes of at least 4 members (excludes halogenated alkanes) is 1. The lowest BCUT2D eigenvalue weighted by Crippen LogP contribution is -2.30. The number of fused-ring (bicyclic) bond motifs is 3. The lowest BCUT2D eigenvalue weighted by molar-refractivity contribution is 0.0977. The maximum absolute atomic E-state index is 14.5. The van der Waals surface area contributed by atoms with E-state index >= 15 is 0 Å². The molecule has 0 radical (unpaired) electrons. The van der Waals surface area contributed by atoms with Crippen molar-refractivity contribution in [3.05, 3.63) is 53.3 Å². The Labute approximate surface area is 196 Å². The molecule has 6 nitrogen and oxygen atoms in total. The number of hydrogen-bond acceptors (Lipinski definition) is 6. The molecule has 1 aliphatic rings. The van der Waals surface area contributed by atoms with E-state index in [1.165, 1.54) is 49.8 Å². The molecule has 33 heavy (non-hydrogen) atoms. The zero-order valence-electron chi connectivity index (χ0n) is 18.6. The van der Waals surface area contributed by atoms with E-state index in [2.05, 4.69) is 15.0 Å². The molecular weight excluding hydrogens is 437 g/mol. The quantitative estimate of drug-likeness (QED) is 0.291. The number of Topliss-reactive ketones (excluding diaryl/α,β-unsaturated/α-hetero) is 1. The molecule has 2 aromatic heterocycles. The Morgan fingerprint density at radius 2 is 1.94 bits per heavy atom. The zero-order valence-corrected chi connectivity index (χ0v) is 19.4. The van der Waals surface area contributed by atoms with Crippen LogP contribution in [0.15, 0.2) is 36.4 Å². The van der Waals surface area contributed by atoms with Gasteiger partial charge in [0.05, 0.1) is 15.8 Å². The molecule has 0 aliphatic carbocycles. The summed E-state index contributed by atoms with van der Waals surface area (Å²) < 4.78 is 17.1. The number of likely N-dealkylation sites (tertiary alicyclic amines) is 1. The number of hydrogen-bond donors (Lipinski definition) is 1. The SMILES string of the molecule is NCc1ccc(-c2nc3sc4cc(C(=O)CCCCN5CCCCC5)ccc4n3n2)c(F)c1. The van der Waals surface area contributed by atoms with Gasteiger partial charge in [-0.1, -0.05) is 23.8 Å². The molecule has 1 saturated heterocycles. The van der Waals surface area contributed by atoms with Crippen LogP contribution in [0.4, 0.5) is 4.39 Å². The number of carbonyl (C=O) groups excluding carboxylic acids is 1. The van der Waals surface area contributed by atoms with Crippen LogP contribution >= 0.6 is 11.3 Å². The van der Waals surface area contributed by atoms with Crippen LogP contribution < -0.4 is 5.73 Å². The van der Waals surface area contributed by atoms with Crippen molar-refractivity contribution in [3.63, 3.8) is 0 Å². The van der Waals surface area contributed by atoms with Gasteiger partial charge in [0.2, 0.25) is 4.96 Å². The van der Waals surface area contributed by atoms with Crippen LogP contribution in [0, 0.1) is 5.82 Å². The molecule has 1 fully saturated rings. The second-order valence-electron chi connectivity index (χ2n) is 8.72. The molecule has 0 atom stereocenters. The normalized spacial score (nSPS) is 15.0. The van der Waals surface area contributed by atoms with Gasteiger partial charge in [0.25, 0.3) is 0 Å². The third kappa shape index (κ3) is 4.69. The van der Waals surface area contributed by atoms with E-state index in [4.69, 9.17) is 5.73 Å². The molecule has 0 unspecified atom stereocenters. The van der Waals surface area contributed by atoms with Crippen LogP contribution in [0.1, 0.15) is 54.4 Å². The van der Waals surface area contributed by atoms with E-state index in [1.807, 2.05) is 18.2 Å². The molecule has 0 amide bonds. The summed E-state index contributed by atoms with van der Waals surface area (Å²) in [4.78, 5) is 20.4. The molecule has 4 aromatic rings. The molecule has 0 saturated carbocycles. The lowest BCUT2D eigenvalue weighted by atomic mass is 10.0. The summed E-state index contributed by atoms with van der Waals surface area (Å²) in [5, 5.41) is 4.52. The Bertz CT molecular complexity index is 1290. The number of nitrogens with zero attached hydrogens (tertiary/aromatic N) is 4. The van der Waals surface area contributed by atoms with Gasteiger partial charge in [-0.2, -0.15) is 4.98 Å². The van der Waals surface area contributed by atoms with Crippen molar-refractivity contribution in [1.29, 1.82) is 0 Å². The van der Waals surface area contributed by atoms with Crippen molar-refractivity contribution >= 4 is 32.3 Å². The fourth-order valence-electron chi connectivity index (χ4n) is 4.49. The topological polar surface area (TPSA) is 76.5 Å². The summed E-state index contributed by atoms with van der Waals surface area (Å²) >= 11 is 1.46. The number of rotatable bonds is 8. The van der Waals surface area contributed by atoms with Crippen molar-refractivity contribution in [1.82, 2.24) is 19.5 Å². The van der Waals surface area contributed by atoms with E-state index < -0.39 is 0 Å². The zero-order chi connectivity index (χ0) is 22.8. The summed E-state index contributed by atoms with van der Waals surface area (Å²) in [6, 6.07) is 10.6. The van der Waals surface area contributed by atoms with Gasteiger partial charge in [0.15, 0.2) is 11.6 Å². The Hall–Kier alpha value is -2.68. The maximum Gasteiger partial charge on any atom is 0.213 e. The summed E-state index contributed by atoms with van der Waals surface area (Å²) in [5.74, 6) is 0.143. The Kier molecular flexibility index (Phi) is 6.48. The molecule has 3 heterocycles. The highest BCUT2D eigenvalue weighted by Gasteiger charge is 2.17. The smallest absolute Gasteiger partial charge is 0.213 e. The maximum atomic E-state index is 14.5. The summed E-state index contributed by atoms with van der Waals surface area (Å²) in [7, 11) is 0. The first-order valence-corrected chi connectivity index (χ1v) is 12.5. The number of aromatic nitrogens is 3. The number of benzene rings is 2. The predicted octanol–water partition coefficient (Wildman–Crippen LogP) is 5.05. The van der Waals surface area contributed by atoms with Gasteiger partial charge < -0.3 is 10.6 Å². The van der Waals surface area contributed by atoms with Gasteiger partial charge in [0.1, 0.15) is 5.82 Å². The molecule has 172 valence electrons. The molecule has 1 aliphatic heterocycles. The first kappa shape index (κ1) is 22.1. The molecule has 2 aromatic carbocycles. The molecule has 2 N–H and O–H groups in total. The standard InChI is InChI=1S/C25H28FN5OS/c26-20-14-17(16-27)7-9-19(20)24-28-25-31(29-24)21-10-8-18(15-23(21)33-25)22(32)6-2-5-13-30-11-3-1-4-12-30/h7-10,14-15H,1-6,11-13,16,27H2. The number of thiazole rings is 1. The van der Waals surface area contributed by atoms with E-state index in [1.54, 1.807) is 16.6 Å². The van der Waals surface area contributed by atoms with Crippen molar-refractivity contribution in [2.24, 2.45) is 5.73 Å². The fourth-order valence-corrected chi connectivity index (χ4v) is 5.49. The number of nitrogens with two attached hydrogens (primary N) is 1. The average molecular weight is 466 g/mol. The highest BCUT2D eigenvalue weighted by molar-refractivity contribution is 7.23. The summed E-state index contributed by atoms with van der Waals surface area (Å²) in [5.41, 5.74) is 8.27. The van der Waals surface area contributed by atoms with E-state index in [9.17, 15) is 9.18 Å². The minimum absolute atomic E-state index is 0.178. The average Bonchev–Trinajstić information content (AvgIpc) is 3.39. The first-order chi connectivity index (χ1) is 16.1. The van der Waals surface area contributed by atoms with Crippen molar-refractivity contribution in [3.8, 4) is 11.4 Å². The number of ketones is 1. The first-order valence-electron chi connectivity index (χ1n) is 11.7. The van der Waals surface area contributed by atoms with Crippen LogP contribution in [0.5, 0.6) is 0 Å². The third-order valence-electron chi connectivity index (χ3n) is 6.38. The number of halogens is 1. The van der Waals surface area contributed by atoms with Gasteiger partial charge in [0, 0.05) is 18.5 Å². The highest BCUT2D eigenvalue weighted by atomic mass is 32.1. The van der Waals surface area contributed by atoms with Crippen LogP contribution in [0.3, 0.4) is 0 Å². The Morgan fingerprint density at radius 3 is 2.73 bits per heavy atom. The largest absolute Gasteiger partial charge is 0.326 e. The van der Waals surface area contributed by atoms with Gasteiger partial charge in [-0.25, -0.2) is 8.91 Å². The molecule has 0 spiro atoms. The van der Waals surface area contributed by atoms with Crippen molar-refractivity contribution in [2.45, 2.75) is 45.1 Å². The molecule has 8 heteroatoms. The minimum atomic E-state index is -0.381. The monoisotopic (exact) mass is 465 g/mol. The van der Waals surface area contributed by atoms with Crippen LogP contribution in [-0.4, -0.2) is 44.9 Å². The molecule has 5 rings (SSSR count). The second-order valence-corrected chi connectivity index (χ2v) is 9.72. The highest BCUT2D eigenvalue weighted by Crippen LogP contribution is 2.29. The van der Waals surface area contributed by atoms with Gasteiger partial charge >= 0.3 is 0 Å². The number of piperidine rings is 1. The van der Waals surface area contributed by atoms with Crippen molar-refractivity contribution < 1.29 is 9.18 Å². The lowest BCUT2D eigenvalue weighted by Gasteiger charge is -2.26. The second kappa shape index (κ2) is 9.67. The molecular formula is C25H28FN5OS. The van der Waals surface area contributed by atoms with Crippen LogP contribution in [0.25, 0.3) is 26.6 Å².